The Morgan fingerprint density at radius 3 is 2.59 bits per heavy atom. The summed E-state index contributed by atoms with van der Waals surface area (Å²) in [5, 5.41) is 2.87. The van der Waals surface area contributed by atoms with E-state index in [0.29, 0.717) is 6.54 Å². The second-order valence-electron chi connectivity index (χ2n) is 4.70. The van der Waals surface area contributed by atoms with Gasteiger partial charge in [-0.3, -0.25) is 4.79 Å². The lowest BCUT2D eigenvalue weighted by molar-refractivity contribution is -0.122. The van der Waals surface area contributed by atoms with E-state index in [2.05, 4.69) is 14.9 Å². The second kappa shape index (κ2) is 10.2. The Morgan fingerprint density at radius 2 is 2.00 bits per heavy atom. The maximum atomic E-state index is 11.9. The van der Waals surface area contributed by atoms with Crippen molar-refractivity contribution in [2.45, 2.75) is 25.9 Å². The molecule has 7 heteroatoms. The fourth-order valence-corrected chi connectivity index (χ4v) is 2.02. The first-order chi connectivity index (χ1) is 9.68. The lowest BCUT2D eigenvalue weighted by Crippen LogP contribution is -2.34. The van der Waals surface area contributed by atoms with Crippen LogP contribution in [0.4, 0.5) is 0 Å². The van der Waals surface area contributed by atoms with Gasteiger partial charge in [0.2, 0.25) is 5.91 Å². The highest BCUT2D eigenvalue weighted by molar-refractivity contribution is 5.85. The first-order valence-corrected chi connectivity index (χ1v) is 6.74. The van der Waals surface area contributed by atoms with Gasteiger partial charge in [0, 0.05) is 25.5 Å². The molecule has 0 saturated carbocycles. The van der Waals surface area contributed by atoms with Gasteiger partial charge in [-0.2, -0.15) is 0 Å². The molecule has 0 aliphatic carbocycles. The van der Waals surface area contributed by atoms with E-state index in [1.54, 1.807) is 6.20 Å². The Kier molecular flexibility index (Phi) is 9.49. The maximum absolute atomic E-state index is 11.9. The van der Waals surface area contributed by atoms with E-state index in [1.165, 1.54) is 0 Å². The smallest absolute Gasteiger partial charge is 0.241 e. The molecule has 1 amide bonds. The van der Waals surface area contributed by atoms with Crippen molar-refractivity contribution in [3.63, 3.8) is 0 Å². The molecule has 5 nitrogen and oxygen atoms in total. The molecular formula is C15H22Cl2N4O. The van der Waals surface area contributed by atoms with Crippen LogP contribution in [0.15, 0.2) is 42.7 Å². The number of benzene rings is 1. The van der Waals surface area contributed by atoms with E-state index < -0.39 is 6.04 Å². The highest BCUT2D eigenvalue weighted by Crippen LogP contribution is 2.09. The summed E-state index contributed by atoms with van der Waals surface area (Å²) in [6, 6.07) is 8.78. The standard InChI is InChI=1S/C15H20N4O.2ClH/c1-12-17-9-11-19(12)10-5-8-18-15(20)14(16)13-6-3-2-4-7-13;;/h2-4,6-7,9,11,14H,5,8,10,16H2,1H3,(H,18,20);2*1H. The van der Waals surface area contributed by atoms with E-state index in [0.717, 1.165) is 24.4 Å². The van der Waals surface area contributed by atoms with Gasteiger partial charge < -0.3 is 15.6 Å². The zero-order valence-electron chi connectivity index (χ0n) is 12.4. The Hall–Kier alpha value is -1.56. The molecule has 22 heavy (non-hydrogen) atoms. The zero-order chi connectivity index (χ0) is 14.4. The van der Waals surface area contributed by atoms with Gasteiger partial charge in [-0.25, -0.2) is 4.98 Å². The molecule has 1 unspecified atom stereocenters. The van der Waals surface area contributed by atoms with Gasteiger partial charge >= 0.3 is 0 Å². The van der Waals surface area contributed by atoms with Crippen LogP contribution >= 0.6 is 24.8 Å². The summed E-state index contributed by atoms with van der Waals surface area (Å²) in [5.41, 5.74) is 6.74. The molecule has 1 heterocycles. The Bertz CT molecular complexity index is 560. The molecule has 0 saturated heterocycles. The summed E-state index contributed by atoms with van der Waals surface area (Å²) in [7, 11) is 0. The minimum atomic E-state index is -0.605. The van der Waals surface area contributed by atoms with Crippen molar-refractivity contribution in [1.29, 1.82) is 0 Å². The van der Waals surface area contributed by atoms with Crippen LogP contribution in [0.2, 0.25) is 0 Å². The molecule has 1 aromatic heterocycles. The van der Waals surface area contributed by atoms with Gasteiger partial charge in [0.1, 0.15) is 11.9 Å². The fourth-order valence-electron chi connectivity index (χ4n) is 2.02. The SMILES string of the molecule is Cc1nccn1CCCNC(=O)C(N)c1ccccc1.Cl.Cl. The van der Waals surface area contributed by atoms with Gasteiger partial charge in [-0.15, -0.1) is 24.8 Å². The predicted octanol–water partition coefficient (Wildman–Crippen LogP) is 2.24. The highest BCUT2D eigenvalue weighted by Gasteiger charge is 2.14. The van der Waals surface area contributed by atoms with E-state index in [9.17, 15) is 4.79 Å². The molecule has 2 aromatic rings. The van der Waals surface area contributed by atoms with Crippen LogP contribution in [0.1, 0.15) is 23.9 Å². The largest absolute Gasteiger partial charge is 0.354 e. The summed E-state index contributed by atoms with van der Waals surface area (Å²) in [6.45, 7) is 3.41. The van der Waals surface area contributed by atoms with Crippen molar-refractivity contribution < 1.29 is 4.79 Å². The summed E-state index contributed by atoms with van der Waals surface area (Å²) in [4.78, 5) is 16.1. The van der Waals surface area contributed by atoms with Gasteiger partial charge in [-0.1, -0.05) is 30.3 Å². The Labute approximate surface area is 143 Å². The van der Waals surface area contributed by atoms with Crippen LogP contribution in [0.25, 0.3) is 0 Å². The number of imidazole rings is 1. The summed E-state index contributed by atoms with van der Waals surface area (Å²) in [5.74, 6) is 0.843. The number of aryl methyl sites for hydroxylation is 2. The van der Waals surface area contributed by atoms with Crippen molar-refractivity contribution in [3.8, 4) is 0 Å². The van der Waals surface area contributed by atoms with E-state index in [1.807, 2.05) is 43.5 Å². The van der Waals surface area contributed by atoms with Crippen molar-refractivity contribution in [3.05, 3.63) is 54.1 Å². The zero-order valence-corrected chi connectivity index (χ0v) is 14.1. The molecule has 0 aliphatic rings. The van der Waals surface area contributed by atoms with E-state index in [4.69, 9.17) is 5.73 Å². The summed E-state index contributed by atoms with van der Waals surface area (Å²) in [6.07, 6.45) is 4.57. The molecule has 0 spiro atoms. The number of amides is 1. The number of hydrogen-bond acceptors (Lipinski definition) is 3. The first-order valence-electron chi connectivity index (χ1n) is 6.74. The number of carbonyl (C=O) groups excluding carboxylic acids is 1. The summed E-state index contributed by atoms with van der Waals surface area (Å²) >= 11 is 0. The van der Waals surface area contributed by atoms with Crippen molar-refractivity contribution in [2.75, 3.05) is 6.54 Å². The van der Waals surface area contributed by atoms with E-state index in [-0.39, 0.29) is 30.7 Å². The lowest BCUT2D eigenvalue weighted by Gasteiger charge is -2.12. The van der Waals surface area contributed by atoms with Crippen LogP contribution in [0, 0.1) is 6.92 Å². The Morgan fingerprint density at radius 1 is 1.32 bits per heavy atom. The number of hydrogen-bond donors (Lipinski definition) is 2. The average Bonchev–Trinajstić information content (AvgIpc) is 2.89. The number of halogens is 2. The number of rotatable bonds is 6. The van der Waals surface area contributed by atoms with Crippen molar-refractivity contribution in [1.82, 2.24) is 14.9 Å². The third-order valence-corrected chi connectivity index (χ3v) is 3.24. The molecule has 122 valence electrons. The topological polar surface area (TPSA) is 72.9 Å². The van der Waals surface area contributed by atoms with Crippen LogP contribution in [0.3, 0.4) is 0 Å². The second-order valence-corrected chi connectivity index (χ2v) is 4.70. The average molecular weight is 345 g/mol. The van der Waals surface area contributed by atoms with Gasteiger partial charge in [0.05, 0.1) is 0 Å². The van der Waals surface area contributed by atoms with E-state index >= 15 is 0 Å². The number of nitrogens with zero attached hydrogens (tertiary/aromatic N) is 2. The number of nitrogens with one attached hydrogen (secondary N) is 1. The molecule has 1 aromatic carbocycles. The molecule has 2 rings (SSSR count). The molecular weight excluding hydrogens is 323 g/mol. The minimum Gasteiger partial charge on any atom is -0.354 e. The van der Waals surface area contributed by atoms with Crippen molar-refractivity contribution in [2.24, 2.45) is 5.73 Å². The Balaban J connectivity index is 0.00000220. The number of carbonyl (C=O) groups is 1. The first kappa shape index (κ1) is 20.4. The van der Waals surface area contributed by atoms with Crippen LogP contribution in [-0.4, -0.2) is 22.0 Å². The molecule has 1 atom stereocenters. The highest BCUT2D eigenvalue weighted by atomic mass is 35.5. The minimum absolute atomic E-state index is 0. The van der Waals surface area contributed by atoms with Crippen molar-refractivity contribution >= 4 is 30.7 Å². The quantitative estimate of drug-likeness (QED) is 0.789. The normalized spacial score (nSPS) is 11.0. The summed E-state index contributed by atoms with van der Waals surface area (Å²) < 4.78 is 2.06. The third kappa shape index (κ3) is 5.67. The number of nitrogens with two attached hydrogens (primary N) is 1. The third-order valence-electron chi connectivity index (χ3n) is 3.24. The maximum Gasteiger partial charge on any atom is 0.241 e. The predicted molar refractivity (Wildman–Crippen MR) is 92.5 cm³/mol. The van der Waals surface area contributed by atoms with Gasteiger partial charge in [-0.05, 0) is 18.9 Å². The fraction of sp³-hybridized carbons (Fsp3) is 0.333. The van der Waals surface area contributed by atoms with Crippen LogP contribution in [-0.2, 0) is 11.3 Å². The molecule has 0 fully saturated rings. The lowest BCUT2D eigenvalue weighted by atomic mass is 10.1. The van der Waals surface area contributed by atoms with Gasteiger partial charge in [0.15, 0.2) is 0 Å². The van der Waals surface area contributed by atoms with Gasteiger partial charge in [0.25, 0.3) is 0 Å². The molecule has 0 aliphatic heterocycles. The molecule has 3 N–H and O–H groups in total. The molecule has 0 radical (unpaired) electrons. The van der Waals surface area contributed by atoms with Crippen LogP contribution < -0.4 is 11.1 Å². The molecule has 0 bridgehead atoms. The monoisotopic (exact) mass is 344 g/mol. The van der Waals surface area contributed by atoms with Crippen LogP contribution in [0.5, 0.6) is 0 Å². The number of aromatic nitrogens is 2.